The van der Waals surface area contributed by atoms with Gasteiger partial charge in [0.15, 0.2) is 5.65 Å². The summed E-state index contributed by atoms with van der Waals surface area (Å²) < 4.78 is 1.91. The van der Waals surface area contributed by atoms with Crippen molar-refractivity contribution in [2.75, 3.05) is 6.54 Å². The third kappa shape index (κ3) is 2.50. The van der Waals surface area contributed by atoms with Gasteiger partial charge in [0.05, 0.1) is 6.20 Å². The van der Waals surface area contributed by atoms with E-state index in [1.165, 1.54) is 25.8 Å². The molecule has 5 heteroatoms. The van der Waals surface area contributed by atoms with E-state index >= 15 is 0 Å². The number of fused-ring (bicyclic) bond motifs is 1. The Kier molecular flexibility index (Phi) is 3.61. The summed E-state index contributed by atoms with van der Waals surface area (Å²) in [6, 6.07) is 4.54. The van der Waals surface area contributed by atoms with E-state index in [-0.39, 0.29) is 5.75 Å². The minimum absolute atomic E-state index is 0.253. The van der Waals surface area contributed by atoms with E-state index < -0.39 is 0 Å². The van der Waals surface area contributed by atoms with Crippen molar-refractivity contribution in [1.29, 1.82) is 0 Å². The summed E-state index contributed by atoms with van der Waals surface area (Å²) in [6.45, 7) is 5.68. The molecular formula is C15H22N4O. The Morgan fingerprint density at radius 2 is 2.15 bits per heavy atom. The third-order valence-corrected chi connectivity index (χ3v) is 4.21. The maximum absolute atomic E-state index is 9.63. The zero-order valence-electron chi connectivity index (χ0n) is 12.2. The fraction of sp³-hybridized carbons (Fsp3) is 0.600. The molecule has 1 aliphatic rings. The largest absolute Gasteiger partial charge is 0.506 e. The molecule has 1 aliphatic heterocycles. The Hall–Kier alpha value is -1.62. The van der Waals surface area contributed by atoms with Gasteiger partial charge in [-0.1, -0.05) is 6.42 Å². The summed E-state index contributed by atoms with van der Waals surface area (Å²) in [5, 5.41) is 18.1. The average Bonchev–Trinajstić information content (AvgIpc) is 2.82. The highest BCUT2D eigenvalue weighted by molar-refractivity contribution is 5.41. The molecular weight excluding hydrogens is 252 g/mol. The highest BCUT2D eigenvalue weighted by atomic mass is 16.3. The van der Waals surface area contributed by atoms with Crippen LogP contribution < -0.4 is 0 Å². The summed E-state index contributed by atoms with van der Waals surface area (Å²) in [5.41, 5.74) is 0.796. The second-order valence-electron chi connectivity index (χ2n) is 5.92. The van der Waals surface area contributed by atoms with E-state index in [0.717, 1.165) is 17.9 Å². The Morgan fingerprint density at radius 1 is 1.30 bits per heavy atom. The zero-order valence-corrected chi connectivity index (χ0v) is 12.2. The van der Waals surface area contributed by atoms with Gasteiger partial charge in [-0.2, -0.15) is 0 Å². The Bertz CT molecular complexity index is 593. The summed E-state index contributed by atoms with van der Waals surface area (Å²) in [7, 11) is 0. The van der Waals surface area contributed by atoms with Crippen molar-refractivity contribution in [3.63, 3.8) is 0 Å². The Labute approximate surface area is 119 Å². The molecule has 0 saturated carbocycles. The van der Waals surface area contributed by atoms with Gasteiger partial charge in [0.25, 0.3) is 0 Å². The smallest absolute Gasteiger partial charge is 0.161 e. The van der Waals surface area contributed by atoms with Gasteiger partial charge in [-0.05, 0) is 45.4 Å². The third-order valence-electron chi connectivity index (χ3n) is 4.21. The SMILES string of the molecule is CC(C)N1CCCCC1Cc1nnc2ccc(O)cn12. The summed E-state index contributed by atoms with van der Waals surface area (Å²) >= 11 is 0. The lowest BCUT2D eigenvalue weighted by atomic mass is 9.97. The van der Waals surface area contributed by atoms with Gasteiger partial charge in [-0.15, -0.1) is 10.2 Å². The molecule has 108 valence electrons. The zero-order chi connectivity index (χ0) is 14.1. The fourth-order valence-corrected chi connectivity index (χ4v) is 3.20. The highest BCUT2D eigenvalue weighted by Crippen LogP contribution is 2.23. The number of hydrogen-bond donors (Lipinski definition) is 1. The molecule has 0 aromatic carbocycles. The van der Waals surface area contributed by atoms with Crippen LogP contribution in [0.2, 0.25) is 0 Å². The number of hydrogen-bond acceptors (Lipinski definition) is 4. The average molecular weight is 274 g/mol. The second-order valence-corrected chi connectivity index (χ2v) is 5.92. The first-order valence-electron chi connectivity index (χ1n) is 7.43. The summed E-state index contributed by atoms with van der Waals surface area (Å²) in [6.07, 6.45) is 6.38. The van der Waals surface area contributed by atoms with Gasteiger partial charge in [-0.3, -0.25) is 9.30 Å². The van der Waals surface area contributed by atoms with Crippen molar-refractivity contribution < 1.29 is 5.11 Å². The first-order valence-corrected chi connectivity index (χ1v) is 7.43. The molecule has 1 fully saturated rings. The quantitative estimate of drug-likeness (QED) is 0.932. The molecule has 2 aromatic rings. The number of rotatable bonds is 3. The van der Waals surface area contributed by atoms with Gasteiger partial charge in [-0.25, -0.2) is 0 Å². The first kappa shape index (κ1) is 13.4. The molecule has 1 saturated heterocycles. The minimum atomic E-state index is 0.253. The predicted molar refractivity (Wildman–Crippen MR) is 77.8 cm³/mol. The van der Waals surface area contributed by atoms with Crippen molar-refractivity contribution in [3.8, 4) is 5.75 Å². The van der Waals surface area contributed by atoms with Crippen molar-refractivity contribution in [2.45, 2.75) is 51.6 Å². The summed E-state index contributed by atoms with van der Waals surface area (Å²) in [4.78, 5) is 2.56. The van der Waals surface area contributed by atoms with Gasteiger partial charge in [0, 0.05) is 18.5 Å². The van der Waals surface area contributed by atoms with Gasteiger partial charge >= 0.3 is 0 Å². The Balaban J connectivity index is 1.86. The van der Waals surface area contributed by atoms with Gasteiger partial charge in [0.2, 0.25) is 0 Å². The van der Waals surface area contributed by atoms with Crippen LogP contribution >= 0.6 is 0 Å². The van der Waals surface area contributed by atoms with E-state index in [1.807, 2.05) is 4.40 Å². The molecule has 0 aliphatic carbocycles. The van der Waals surface area contributed by atoms with E-state index in [2.05, 4.69) is 28.9 Å². The number of aromatic nitrogens is 3. The van der Waals surface area contributed by atoms with Crippen LogP contribution in [0.25, 0.3) is 5.65 Å². The minimum Gasteiger partial charge on any atom is -0.506 e. The molecule has 5 nitrogen and oxygen atoms in total. The number of nitrogens with zero attached hydrogens (tertiary/aromatic N) is 4. The van der Waals surface area contributed by atoms with Crippen LogP contribution in [0.15, 0.2) is 18.3 Å². The van der Waals surface area contributed by atoms with Crippen molar-refractivity contribution >= 4 is 5.65 Å². The van der Waals surface area contributed by atoms with Gasteiger partial charge < -0.3 is 5.11 Å². The standard InChI is InChI=1S/C15H22N4O/c1-11(2)18-8-4-3-5-12(18)9-15-17-16-14-7-6-13(20)10-19(14)15/h6-7,10-12,20H,3-5,8-9H2,1-2H3. The highest BCUT2D eigenvalue weighted by Gasteiger charge is 2.26. The monoisotopic (exact) mass is 274 g/mol. The van der Waals surface area contributed by atoms with Crippen LogP contribution in [0.5, 0.6) is 5.75 Å². The topological polar surface area (TPSA) is 53.7 Å². The first-order chi connectivity index (χ1) is 9.65. The van der Waals surface area contributed by atoms with Crippen LogP contribution in [0.3, 0.4) is 0 Å². The second kappa shape index (κ2) is 5.40. The molecule has 3 heterocycles. The molecule has 1 atom stereocenters. The maximum Gasteiger partial charge on any atom is 0.161 e. The van der Waals surface area contributed by atoms with E-state index in [0.29, 0.717) is 12.1 Å². The van der Waals surface area contributed by atoms with Crippen LogP contribution in [-0.2, 0) is 6.42 Å². The van der Waals surface area contributed by atoms with E-state index in [4.69, 9.17) is 0 Å². The lowest BCUT2D eigenvalue weighted by Gasteiger charge is -2.38. The number of aromatic hydroxyl groups is 1. The number of piperidine rings is 1. The van der Waals surface area contributed by atoms with Crippen molar-refractivity contribution in [2.24, 2.45) is 0 Å². The molecule has 0 spiro atoms. The summed E-state index contributed by atoms with van der Waals surface area (Å²) in [5.74, 6) is 1.19. The van der Waals surface area contributed by atoms with Crippen LogP contribution in [0.1, 0.15) is 38.9 Å². The van der Waals surface area contributed by atoms with Crippen LogP contribution in [0, 0.1) is 0 Å². The Morgan fingerprint density at radius 3 is 2.95 bits per heavy atom. The molecule has 0 amide bonds. The molecule has 1 N–H and O–H groups in total. The van der Waals surface area contributed by atoms with Crippen molar-refractivity contribution in [3.05, 3.63) is 24.2 Å². The lowest BCUT2D eigenvalue weighted by molar-refractivity contribution is 0.110. The van der Waals surface area contributed by atoms with Crippen LogP contribution in [-0.4, -0.2) is 43.2 Å². The van der Waals surface area contributed by atoms with Crippen LogP contribution in [0.4, 0.5) is 0 Å². The molecule has 0 bridgehead atoms. The normalized spacial score (nSPS) is 20.9. The van der Waals surface area contributed by atoms with Crippen molar-refractivity contribution in [1.82, 2.24) is 19.5 Å². The lowest BCUT2D eigenvalue weighted by Crippen LogP contribution is -2.45. The predicted octanol–water partition coefficient (Wildman–Crippen LogP) is 2.24. The number of pyridine rings is 1. The van der Waals surface area contributed by atoms with Gasteiger partial charge in [0.1, 0.15) is 11.6 Å². The maximum atomic E-state index is 9.63. The number of likely N-dealkylation sites (tertiary alicyclic amines) is 1. The molecule has 20 heavy (non-hydrogen) atoms. The molecule has 2 aromatic heterocycles. The molecule has 1 unspecified atom stereocenters. The fourth-order valence-electron chi connectivity index (χ4n) is 3.20. The van der Waals surface area contributed by atoms with E-state index in [1.54, 1.807) is 18.3 Å². The van der Waals surface area contributed by atoms with E-state index in [9.17, 15) is 5.11 Å². The molecule has 3 rings (SSSR count). The molecule has 0 radical (unpaired) electrons.